The molecule has 1 heterocycles. The van der Waals surface area contributed by atoms with Crippen LogP contribution in [0.1, 0.15) is 56.3 Å². The van der Waals surface area contributed by atoms with Gasteiger partial charge < -0.3 is 9.84 Å². The van der Waals surface area contributed by atoms with Crippen LogP contribution in [0.25, 0.3) is 10.9 Å². The SMILES string of the molecule is CCOc1cc(C=Nn2c(C3CCCCC3)nc3ccc(Br)cc3c2=O)cc([N+](=O)[O-])c1O. The molecule has 2 aromatic carbocycles. The average molecular weight is 515 g/mol. The summed E-state index contributed by atoms with van der Waals surface area (Å²) in [5, 5.41) is 26.3. The monoisotopic (exact) mass is 514 g/mol. The molecule has 1 aliphatic carbocycles. The molecular formula is C23H23BrN4O5. The summed E-state index contributed by atoms with van der Waals surface area (Å²) in [5.74, 6) is 0.124. The summed E-state index contributed by atoms with van der Waals surface area (Å²) in [6, 6.07) is 8.00. The molecular weight excluding hydrogens is 492 g/mol. The summed E-state index contributed by atoms with van der Waals surface area (Å²) < 4.78 is 7.38. The number of rotatable bonds is 6. The first kappa shape index (κ1) is 22.9. The van der Waals surface area contributed by atoms with Gasteiger partial charge in [-0.1, -0.05) is 35.2 Å². The molecule has 1 aromatic heterocycles. The molecule has 10 heteroatoms. The van der Waals surface area contributed by atoms with Crippen LogP contribution in [0.5, 0.6) is 11.5 Å². The smallest absolute Gasteiger partial charge is 0.315 e. The van der Waals surface area contributed by atoms with Gasteiger partial charge in [-0.15, -0.1) is 0 Å². The van der Waals surface area contributed by atoms with E-state index >= 15 is 0 Å². The van der Waals surface area contributed by atoms with Gasteiger partial charge in [-0.2, -0.15) is 9.78 Å². The van der Waals surface area contributed by atoms with E-state index in [1.807, 2.05) is 6.07 Å². The highest BCUT2D eigenvalue weighted by molar-refractivity contribution is 9.10. The molecule has 4 rings (SSSR count). The van der Waals surface area contributed by atoms with E-state index in [9.17, 15) is 20.0 Å². The molecule has 0 atom stereocenters. The van der Waals surface area contributed by atoms with Crippen molar-refractivity contribution < 1.29 is 14.8 Å². The van der Waals surface area contributed by atoms with Gasteiger partial charge in [-0.05, 0) is 44.0 Å². The summed E-state index contributed by atoms with van der Waals surface area (Å²) in [6.07, 6.45) is 6.47. The first-order chi connectivity index (χ1) is 15.9. The van der Waals surface area contributed by atoms with Crippen LogP contribution in [0.15, 0.2) is 44.7 Å². The Labute approximate surface area is 198 Å². The van der Waals surface area contributed by atoms with Crippen molar-refractivity contribution in [3.63, 3.8) is 0 Å². The Bertz CT molecular complexity index is 1300. The third-order valence-electron chi connectivity index (χ3n) is 5.70. The molecule has 1 fully saturated rings. The van der Waals surface area contributed by atoms with E-state index in [-0.39, 0.29) is 23.8 Å². The summed E-state index contributed by atoms with van der Waals surface area (Å²) in [5.41, 5.74) is 0.118. The minimum Gasteiger partial charge on any atom is -0.500 e. The van der Waals surface area contributed by atoms with Crippen LogP contribution in [0.3, 0.4) is 0 Å². The highest BCUT2D eigenvalue weighted by Gasteiger charge is 2.23. The van der Waals surface area contributed by atoms with E-state index in [1.165, 1.54) is 23.0 Å². The first-order valence-corrected chi connectivity index (χ1v) is 11.6. The Morgan fingerprint density at radius 3 is 2.76 bits per heavy atom. The third-order valence-corrected chi connectivity index (χ3v) is 6.19. The minimum absolute atomic E-state index is 0.0198. The maximum absolute atomic E-state index is 13.4. The molecule has 0 radical (unpaired) electrons. The van der Waals surface area contributed by atoms with Gasteiger partial charge in [0.15, 0.2) is 5.75 Å². The van der Waals surface area contributed by atoms with Gasteiger partial charge >= 0.3 is 5.69 Å². The first-order valence-electron chi connectivity index (χ1n) is 10.8. The van der Waals surface area contributed by atoms with Gasteiger partial charge in [-0.25, -0.2) is 4.98 Å². The van der Waals surface area contributed by atoms with Crippen LogP contribution in [-0.2, 0) is 0 Å². The number of aromatic hydroxyl groups is 1. The Kier molecular flexibility index (Phi) is 6.73. The number of fused-ring (bicyclic) bond motifs is 1. The van der Waals surface area contributed by atoms with Gasteiger partial charge in [-0.3, -0.25) is 14.9 Å². The molecule has 0 aliphatic heterocycles. The van der Waals surface area contributed by atoms with Crippen molar-refractivity contribution >= 4 is 38.7 Å². The highest BCUT2D eigenvalue weighted by Crippen LogP contribution is 2.37. The average Bonchev–Trinajstić information content (AvgIpc) is 2.81. The van der Waals surface area contributed by atoms with E-state index < -0.39 is 16.4 Å². The molecule has 172 valence electrons. The van der Waals surface area contributed by atoms with Gasteiger partial charge in [0, 0.05) is 22.0 Å². The number of nitro groups is 1. The Balaban J connectivity index is 1.86. The van der Waals surface area contributed by atoms with Crippen LogP contribution in [0.4, 0.5) is 5.69 Å². The fourth-order valence-electron chi connectivity index (χ4n) is 4.12. The molecule has 3 aromatic rings. The molecule has 1 aliphatic rings. The number of ether oxygens (including phenoxy) is 1. The zero-order valence-corrected chi connectivity index (χ0v) is 19.6. The number of nitro benzene ring substituents is 1. The van der Waals surface area contributed by atoms with Gasteiger partial charge in [0.2, 0.25) is 5.75 Å². The molecule has 0 unspecified atom stereocenters. The van der Waals surface area contributed by atoms with Crippen molar-refractivity contribution in [2.24, 2.45) is 5.10 Å². The van der Waals surface area contributed by atoms with Crippen LogP contribution in [0, 0.1) is 10.1 Å². The summed E-state index contributed by atoms with van der Waals surface area (Å²) in [6.45, 7) is 1.93. The second-order valence-corrected chi connectivity index (χ2v) is 8.82. The summed E-state index contributed by atoms with van der Waals surface area (Å²) in [4.78, 5) is 28.8. The van der Waals surface area contributed by atoms with E-state index in [4.69, 9.17) is 9.72 Å². The molecule has 9 nitrogen and oxygen atoms in total. The Hall–Kier alpha value is -3.27. The van der Waals surface area contributed by atoms with Crippen LogP contribution in [-0.4, -0.2) is 32.5 Å². The standard InChI is InChI=1S/C23H23BrN4O5/c1-2-33-20-11-14(10-19(21(20)29)28(31)32)13-25-27-22(15-6-4-3-5-7-15)26-18-9-8-16(24)12-17(18)23(27)30/h8-13,15,29H,2-7H2,1H3. The quantitative estimate of drug-likeness (QED) is 0.277. The van der Waals surface area contributed by atoms with E-state index in [0.29, 0.717) is 22.3 Å². The van der Waals surface area contributed by atoms with Crippen molar-refractivity contribution in [2.75, 3.05) is 6.61 Å². The van der Waals surface area contributed by atoms with E-state index in [0.717, 1.165) is 36.6 Å². The summed E-state index contributed by atoms with van der Waals surface area (Å²) in [7, 11) is 0. The summed E-state index contributed by atoms with van der Waals surface area (Å²) >= 11 is 3.40. The number of hydrogen-bond donors (Lipinski definition) is 1. The van der Waals surface area contributed by atoms with E-state index in [2.05, 4.69) is 21.0 Å². The lowest BCUT2D eigenvalue weighted by Gasteiger charge is -2.22. The van der Waals surface area contributed by atoms with Crippen molar-refractivity contribution in [2.45, 2.75) is 44.9 Å². The lowest BCUT2D eigenvalue weighted by Crippen LogP contribution is -2.25. The molecule has 1 N–H and O–H groups in total. The Morgan fingerprint density at radius 2 is 2.06 bits per heavy atom. The topological polar surface area (TPSA) is 120 Å². The Morgan fingerprint density at radius 1 is 1.30 bits per heavy atom. The molecule has 33 heavy (non-hydrogen) atoms. The van der Waals surface area contributed by atoms with Crippen LogP contribution in [0.2, 0.25) is 0 Å². The number of nitrogens with zero attached hydrogens (tertiary/aromatic N) is 4. The fourth-order valence-corrected chi connectivity index (χ4v) is 4.48. The maximum atomic E-state index is 13.4. The predicted molar refractivity (Wildman–Crippen MR) is 128 cm³/mol. The molecule has 0 spiro atoms. The number of phenols is 1. The third kappa shape index (κ3) is 4.75. The highest BCUT2D eigenvalue weighted by atomic mass is 79.9. The zero-order valence-electron chi connectivity index (χ0n) is 18.0. The van der Waals surface area contributed by atoms with E-state index in [1.54, 1.807) is 19.1 Å². The van der Waals surface area contributed by atoms with Gasteiger partial charge in [0.1, 0.15) is 5.82 Å². The number of halogens is 1. The second-order valence-electron chi connectivity index (χ2n) is 7.90. The van der Waals surface area contributed by atoms with Gasteiger partial charge in [0.25, 0.3) is 5.56 Å². The second kappa shape index (κ2) is 9.70. The van der Waals surface area contributed by atoms with Crippen molar-refractivity contribution in [1.82, 2.24) is 9.66 Å². The number of aromatic nitrogens is 2. The number of phenolic OH excluding ortho intramolecular Hbond substituents is 1. The van der Waals surface area contributed by atoms with Crippen LogP contribution < -0.4 is 10.3 Å². The zero-order chi connectivity index (χ0) is 23.5. The number of benzene rings is 2. The van der Waals surface area contributed by atoms with Gasteiger partial charge in [0.05, 0.1) is 28.6 Å². The number of hydrogen-bond acceptors (Lipinski definition) is 7. The lowest BCUT2D eigenvalue weighted by atomic mass is 9.88. The normalized spacial score (nSPS) is 14.7. The van der Waals surface area contributed by atoms with Crippen molar-refractivity contribution in [3.8, 4) is 11.5 Å². The lowest BCUT2D eigenvalue weighted by molar-refractivity contribution is -0.386. The predicted octanol–water partition coefficient (Wildman–Crippen LogP) is 5.10. The maximum Gasteiger partial charge on any atom is 0.315 e. The minimum atomic E-state index is -0.691. The van der Waals surface area contributed by atoms with Crippen molar-refractivity contribution in [3.05, 3.63) is 66.7 Å². The molecule has 0 amide bonds. The molecule has 0 bridgehead atoms. The van der Waals surface area contributed by atoms with Crippen molar-refractivity contribution in [1.29, 1.82) is 0 Å². The fraction of sp³-hybridized carbons (Fsp3) is 0.348. The molecule has 0 saturated heterocycles. The molecule has 1 saturated carbocycles. The largest absolute Gasteiger partial charge is 0.500 e. The van der Waals surface area contributed by atoms with Crippen LogP contribution >= 0.6 is 15.9 Å².